The minimum Gasteiger partial charge on any atom is -0.348 e. The number of amides is 1. The zero-order chi connectivity index (χ0) is 19.6. The van der Waals surface area contributed by atoms with Crippen molar-refractivity contribution in [3.05, 3.63) is 62.8 Å². The van der Waals surface area contributed by atoms with Crippen LogP contribution in [0.5, 0.6) is 0 Å². The lowest BCUT2D eigenvalue weighted by atomic mass is 10.2. The Morgan fingerprint density at radius 3 is 2.81 bits per heavy atom. The van der Waals surface area contributed by atoms with Crippen LogP contribution in [0.4, 0.5) is 10.8 Å². The molecule has 0 aliphatic carbocycles. The minimum absolute atomic E-state index is 0.120. The van der Waals surface area contributed by atoms with Crippen LogP contribution in [0.15, 0.2) is 35.7 Å². The number of hydrogen-bond acceptors (Lipinski definition) is 5. The number of nitrogens with zero attached hydrogens (tertiary/aromatic N) is 3. The standard InChI is InChI=1S/C19H20N4O3S/c1-4-8-22-12(2)9-16(13(22)3)17-11-27-19(20-17)21-18(24)14-6-5-7-15(10-14)23(25)26/h5-7,9-11H,4,8H2,1-3H3,(H,20,21,24). The monoisotopic (exact) mass is 384 g/mol. The molecule has 2 aromatic heterocycles. The fourth-order valence-corrected chi connectivity index (χ4v) is 3.72. The molecule has 7 nitrogen and oxygen atoms in total. The van der Waals surface area contributed by atoms with E-state index in [0.29, 0.717) is 5.13 Å². The van der Waals surface area contributed by atoms with Crippen molar-refractivity contribution in [2.45, 2.75) is 33.7 Å². The van der Waals surface area contributed by atoms with Gasteiger partial charge in [-0.25, -0.2) is 4.98 Å². The number of aromatic nitrogens is 2. The highest BCUT2D eigenvalue weighted by molar-refractivity contribution is 7.14. The van der Waals surface area contributed by atoms with E-state index in [2.05, 4.69) is 41.7 Å². The number of nitro benzene ring substituents is 1. The number of carbonyl (C=O) groups excluding carboxylic acids is 1. The second-order valence-corrected chi connectivity index (χ2v) is 7.09. The molecule has 1 aromatic carbocycles. The van der Waals surface area contributed by atoms with Crippen molar-refractivity contribution in [2.24, 2.45) is 0 Å². The average Bonchev–Trinajstić information content (AvgIpc) is 3.21. The molecule has 0 saturated heterocycles. The number of carbonyl (C=O) groups is 1. The zero-order valence-electron chi connectivity index (χ0n) is 15.4. The Kier molecular flexibility index (Phi) is 5.36. The van der Waals surface area contributed by atoms with Gasteiger partial charge in [0.15, 0.2) is 5.13 Å². The summed E-state index contributed by atoms with van der Waals surface area (Å²) in [6, 6.07) is 7.73. The minimum atomic E-state index is -0.523. The van der Waals surface area contributed by atoms with Crippen LogP contribution in [0, 0.1) is 24.0 Å². The largest absolute Gasteiger partial charge is 0.348 e. The number of thiazole rings is 1. The Bertz CT molecular complexity index is 1010. The summed E-state index contributed by atoms with van der Waals surface area (Å²) in [4.78, 5) is 27.2. The van der Waals surface area contributed by atoms with Gasteiger partial charge in [0, 0.05) is 46.6 Å². The maximum Gasteiger partial charge on any atom is 0.270 e. The lowest BCUT2D eigenvalue weighted by Crippen LogP contribution is -2.11. The predicted molar refractivity (Wildman–Crippen MR) is 106 cm³/mol. The third kappa shape index (κ3) is 3.90. The molecule has 3 aromatic rings. The third-order valence-corrected chi connectivity index (χ3v) is 5.10. The number of benzene rings is 1. The van der Waals surface area contributed by atoms with Crippen LogP contribution in [-0.4, -0.2) is 20.4 Å². The van der Waals surface area contributed by atoms with Crippen LogP contribution in [0.3, 0.4) is 0 Å². The second-order valence-electron chi connectivity index (χ2n) is 6.24. The van der Waals surface area contributed by atoms with Crippen molar-refractivity contribution in [3.63, 3.8) is 0 Å². The first-order valence-corrected chi connectivity index (χ1v) is 9.47. The van der Waals surface area contributed by atoms with Gasteiger partial charge in [-0.15, -0.1) is 11.3 Å². The quantitative estimate of drug-likeness (QED) is 0.488. The van der Waals surface area contributed by atoms with Gasteiger partial charge < -0.3 is 4.57 Å². The summed E-state index contributed by atoms with van der Waals surface area (Å²) in [5.41, 5.74) is 4.29. The van der Waals surface area contributed by atoms with E-state index >= 15 is 0 Å². The first-order chi connectivity index (χ1) is 12.9. The number of nitro groups is 1. The topological polar surface area (TPSA) is 90.1 Å². The molecule has 1 N–H and O–H groups in total. The molecule has 0 aliphatic heterocycles. The van der Waals surface area contributed by atoms with Gasteiger partial charge in [0.05, 0.1) is 10.6 Å². The third-order valence-electron chi connectivity index (χ3n) is 4.34. The van der Waals surface area contributed by atoms with Gasteiger partial charge in [-0.05, 0) is 32.4 Å². The number of anilines is 1. The van der Waals surface area contributed by atoms with Gasteiger partial charge in [-0.1, -0.05) is 13.0 Å². The summed E-state index contributed by atoms with van der Waals surface area (Å²) in [5.74, 6) is -0.420. The van der Waals surface area contributed by atoms with E-state index in [1.807, 2.05) is 5.38 Å². The summed E-state index contributed by atoms with van der Waals surface area (Å²) in [6.07, 6.45) is 1.05. The summed E-state index contributed by atoms with van der Waals surface area (Å²) in [6.45, 7) is 7.24. The molecule has 2 heterocycles. The molecule has 0 radical (unpaired) electrons. The van der Waals surface area contributed by atoms with Gasteiger partial charge >= 0.3 is 0 Å². The fourth-order valence-electron chi connectivity index (χ4n) is 3.01. The highest BCUT2D eigenvalue weighted by atomic mass is 32.1. The molecule has 27 heavy (non-hydrogen) atoms. The Hall–Kier alpha value is -3.00. The van der Waals surface area contributed by atoms with Crippen molar-refractivity contribution in [3.8, 4) is 11.3 Å². The van der Waals surface area contributed by atoms with Crippen LogP contribution < -0.4 is 5.32 Å². The molecule has 0 saturated carbocycles. The normalized spacial score (nSPS) is 10.8. The Morgan fingerprint density at radius 1 is 1.33 bits per heavy atom. The van der Waals surface area contributed by atoms with Crippen molar-refractivity contribution >= 4 is 28.1 Å². The van der Waals surface area contributed by atoms with Crippen molar-refractivity contribution in [1.29, 1.82) is 0 Å². The molecule has 0 atom stereocenters. The van der Waals surface area contributed by atoms with Gasteiger partial charge in [-0.2, -0.15) is 0 Å². The van der Waals surface area contributed by atoms with Crippen LogP contribution in [0.2, 0.25) is 0 Å². The van der Waals surface area contributed by atoms with E-state index in [9.17, 15) is 14.9 Å². The first kappa shape index (κ1) is 18.8. The Labute approximate surface area is 160 Å². The predicted octanol–water partition coefficient (Wildman–Crippen LogP) is 4.80. The molecule has 0 fully saturated rings. The van der Waals surface area contributed by atoms with Crippen LogP contribution in [0.1, 0.15) is 35.1 Å². The molecule has 0 aliphatic rings. The number of aryl methyl sites for hydroxylation is 1. The first-order valence-electron chi connectivity index (χ1n) is 8.59. The Morgan fingerprint density at radius 2 is 2.11 bits per heavy atom. The molecule has 0 bridgehead atoms. The van der Waals surface area contributed by atoms with E-state index < -0.39 is 10.8 Å². The number of non-ortho nitro benzene ring substituents is 1. The molecule has 140 valence electrons. The number of hydrogen-bond donors (Lipinski definition) is 1. The summed E-state index contributed by atoms with van der Waals surface area (Å²) >= 11 is 1.33. The number of nitrogens with one attached hydrogen (secondary N) is 1. The maximum atomic E-state index is 12.4. The van der Waals surface area contributed by atoms with Crippen LogP contribution in [0.25, 0.3) is 11.3 Å². The van der Waals surface area contributed by atoms with Crippen LogP contribution in [-0.2, 0) is 6.54 Å². The summed E-state index contributed by atoms with van der Waals surface area (Å²) in [5, 5.41) is 15.9. The van der Waals surface area contributed by atoms with Gasteiger partial charge in [0.2, 0.25) is 0 Å². The van der Waals surface area contributed by atoms with Crippen molar-refractivity contribution in [2.75, 3.05) is 5.32 Å². The SMILES string of the molecule is CCCn1c(C)cc(-c2csc(NC(=O)c3cccc([N+](=O)[O-])c3)n2)c1C. The average molecular weight is 384 g/mol. The van der Waals surface area contributed by atoms with Crippen LogP contribution >= 0.6 is 11.3 Å². The Balaban J connectivity index is 1.81. The molecule has 8 heteroatoms. The molecular formula is C19H20N4O3S. The fraction of sp³-hybridized carbons (Fsp3) is 0.263. The van der Waals surface area contributed by atoms with Gasteiger partial charge in [0.25, 0.3) is 11.6 Å². The highest BCUT2D eigenvalue weighted by Gasteiger charge is 2.16. The molecule has 0 unspecified atom stereocenters. The van der Waals surface area contributed by atoms with E-state index in [-0.39, 0.29) is 11.3 Å². The highest BCUT2D eigenvalue weighted by Crippen LogP contribution is 2.30. The number of rotatable bonds is 6. The van der Waals surface area contributed by atoms with E-state index in [0.717, 1.165) is 29.9 Å². The van der Waals surface area contributed by atoms with E-state index in [1.165, 1.54) is 41.3 Å². The van der Waals surface area contributed by atoms with Crippen molar-refractivity contribution in [1.82, 2.24) is 9.55 Å². The lowest BCUT2D eigenvalue weighted by molar-refractivity contribution is -0.384. The zero-order valence-corrected chi connectivity index (χ0v) is 16.2. The van der Waals surface area contributed by atoms with E-state index in [1.54, 1.807) is 0 Å². The maximum absolute atomic E-state index is 12.4. The molecule has 0 spiro atoms. The second kappa shape index (κ2) is 7.71. The smallest absolute Gasteiger partial charge is 0.270 e. The molecule has 1 amide bonds. The van der Waals surface area contributed by atoms with Gasteiger partial charge in [0.1, 0.15) is 0 Å². The molecular weight excluding hydrogens is 364 g/mol. The van der Waals surface area contributed by atoms with Gasteiger partial charge in [-0.3, -0.25) is 20.2 Å². The molecule has 3 rings (SSSR count). The summed E-state index contributed by atoms with van der Waals surface area (Å²) < 4.78 is 2.26. The summed E-state index contributed by atoms with van der Waals surface area (Å²) in [7, 11) is 0. The lowest BCUT2D eigenvalue weighted by Gasteiger charge is -2.07. The van der Waals surface area contributed by atoms with Crippen molar-refractivity contribution < 1.29 is 9.72 Å². The van der Waals surface area contributed by atoms with E-state index in [4.69, 9.17) is 0 Å².